The number of rotatable bonds is 10. The smallest absolute Gasteiger partial charge is 0.345 e. The lowest BCUT2D eigenvalue weighted by Gasteiger charge is -2.18. The van der Waals surface area contributed by atoms with Crippen molar-refractivity contribution in [2.45, 2.75) is 45.1 Å². The molecule has 1 atom stereocenters. The second-order valence-corrected chi connectivity index (χ2v) is 10.0. The van der Waals surface area contributed by atoms with Crippen LogP contribution in [0.1, 0.15) is 42.2 Å². The van der Waals surface area contributed by atoms with Crippen LogP contribution < -0.4 is 4.74 Å². The molecule has 0 saturated heterocycles. The maximum Gasteiger partial charge on any atom is 0.345 e. The highest BCUT2D eigenvalue weighted by Crippen LogP contribution is 2.38. The van der Waals surface area contributed by atoms with Gasteiger partial charge in [-0.3, -0.25) is 0 Å². The van der Waals surface area contributed by atoms with Crippen LogP contribution in [0, 0.1) is 0 Å². The lowest BCUT2D eigenvalue weighted by molar-refractivity contribution is -0.145. The highest BCUT2D eigenvalue weighted by Gasteiger charge is 2.23. The fraction of sp³-hybridized carbons (Fsp3) is 0.250. The van der Waals surface area contributed by atoms with Crippen molar-refractivity contribution in [1.82, 2.24) is 0 Å². The number of furan rings is 1. The van der Waals surface area contributed by atoms with Crippen LogP contribution in [0.3, 0.4) is 0 Å². The molecule has 0 aliphatic heterocycles. The van der Waals surface area contributed by atoms with Gasteiger partial charge in [-0.05, 0) is 67.6 Å². The van der Waals surface area contributed by atoms with E-state index in [0.717, 1.165) is 47.1 Å². The van der Waals surface area contributed by atoms with E-state index in [1.807, 2.05) is 60.7 Å². The molecule has 1 aromatic heterocycles. The van der Waals surface area contributed by atoms with Crippen LogP contribution in [0.25, 0.3) is 11.0 Å². The zero-order chi connectivity index (χ0) is 24.1. The van der Waals surface area contributed by atoms with Crippen molar-refractivity contribution in [2.75, 3.05) is 0 Å². The third kappa shape index (κ3) is 5.73. The second kappa shape index (κ2) is 11.2. The minimum atomic E-state index is -1.00. The Hall–Kier alpha value is -2.57. The topological polar surface area (TPSA) is 59.7 Å². The van der Waals surface area contributed by atoms with E-state index >= 15 is 0 Å². The summed E-state index contributed by atoms with van der Waals surface area (Å²) in [5.41, 5.74) is 4.09. The number of unbranched alkanes of at least 4 members (excludes halogenated alkanes) is 1. The predicted octanol–water partition coefficient (Wildman–Crippen LogP) is 7.97. The Morgan fingerprint density at radius 1 is 1.00 bits per heavy atom. The van der Waals surface area contributed by atoms with E-state index in [2.05, 4.69) is 44.8 Å². The number of aryl methyl sites for hydroxylation is 1. The molecule has 0 fully saturated rings. The maximum atomic E-state index is 11.9. The molecule has 0 aliphatic carbocycles. The first kappa shape index (κ1) is 24.6. The number of fused-ring (bicyclic) bond motifs is 1. The number of carbonyl (C=O) groups is 1. The van der Waals surface area contributed by atoms with Crippen LogP contribution in [0.2, 0.25) is 0 Å². The first-order valence-electron chi connectivity index (χ1n) is 11.4. The van der Waals surface area contributed by atoms with Crippen LogP contribution >= 0.6 is 31.9 Å². The van der Waals surface area contributed by atoms with Gasteiger partial charge in [0.15, 0.2) is 6.10 Å². The third-order valence-corrected chi connectivity index (χ3v) is 6.96. The summed E-state index contributed by atoms with van der Waals surface area (Å²) >= 11 is 7.21. The van der Waals surface area contributed by atoms with Gasteiger partial charge in [0.2, 0.25) is 0 Å². The average Bonchev–Trinajstić information content (AvgIpc) is 3.17. The normalized spacial score (nSPS) is 12.1. The molecule has 1 heterocycles. The highest BCUT2D eigenvalue weighted by molar-refractivity contribution is 9.11. The summed E-state index contributed by atoms with van der Waals surface area (Å²) in [7, 11) is 0. The fourth-order valence-electron chi connectivity index (χ4n) is 4.06. The summed E-state index contributed by atoms with van der Waals surface area (Å²) in [6.07, 6.45) is 3.07. The van der Waals surface area contributed by atoms with E-state index in [0.29, 0.717) is 21.1 Å². The largest absolute Gasteiger partial charge is 0.478 e. The molecule has 4 aromatic rings. The van der Waals surface area contributed by atoms with Gasteiger partial charge in [0.05, 0.1) is 8.95 Å². The fourth-order valence-corrected chi connectivity index (χ4v) is 5.53. The van der Waals surface area contributed by atoms with Crippen molar-refractivity contribution in [3.05, 3.63) is 98.1 Å². The quantitative estimate of drug-likeness (QED) is 0.205. The number of halogens is 2. The van der Waals surface area contributed by atoms with Crippen molar-refractivity contribution in [3.8, 4) is 5.75 Å². The monoisotopic (exact) mass is 584 g/mol. The molecule has 0 spiro atoms. The molecule has 0 bridgehead atoms. The lowest BCUT2D eigenvalue weighted by Crippen LogP contribution is -2.29. The molecule has 0 radical (unpaired) electrons. The summed E-state index contributed by atoms with van der Waals surface area (Å²) in [5.74, 6) is 0.511. The summed E-state index contributed by atoms with van der Waals surface area (Å²) in [6.45, 7) is 2.18. The Balaban J connectivity index is 1.60. The van der Waals surface area contributed by atoms with Gasteiger partial charge < -0.3 is 14.3 Å². The van der Waals surface area contributed by atoms with Crippen LogP contribution in [0.5, 0.6) is 5.75 Å². The van der Waals surface area contributed by atoms with E-state index in [1.165, 1.54) is 5.56 Å². The molecule has 34 heavy (non-hydrogen) atoms. The maximum absolute atomic E-state index is 11.9. The van der Waals surface area contributed by atoms with Crippen LogP contribution in [-0.2, 0) is 24.1 Å². The standard InChI is InChI=1S/C28H26Br2O4/c1-2-3-12-25-21(20-11-7-8-13-24(20)33-25)14-19-15-22(29)27(23(30)16-19)34-26(28(31)32)17-18-9-5-4-6-10-18/h4-11,13,15-16,26H,2-3,12,14,17H2,1H3,(H,31,32). The molecule has 176 valence electrons. The number of benzene rings is 3. The summed E-state index contributed by atoms with van der Waals surface area (Å²) in [4.78, 5) is 11.9. The third-order valence-electron chi connectivity index (χ3n) is 5.78. The Labute approximate surface area is 216 Å². The van der Waals surface area contributed by atoms with Gasteiger partial charge in [-0.2, -0.15) is 0 Å². The summed E-state index contributed by atoms with van der Waals surface area (Å²) < 4.78 is 13.6. The number of aliphatic carboxylic acids is 1. The second-order valence-electron chi connectivity index (χ2n) is 8.30. The Morgan fingerprint density at radius 2 is 1.68 bits per heavy atom. The lowest BCUT2D eigenvalue weighted by atomic mass is 9.99. The molecular formula is C28H26Br2O4. The van der Waals surface area contributed by atoms with E-state index in [-0.39, 0.29) is 6.42 Å². The molecule has 4 nitrogen and oxygen atoms in total. The molecule has 6 heteroatoms. The number of hydrogen-bond acceptors (Lipinski definition) is 3. The SMILES string of the molecule is CCCCc1oc2ccccc2c1Cc1cc(Br)c(OC(Cc2ccccc2)C(=O)O)c(Br)c1. The predicted molar refractivity (Wildman–Crippen MR) is 142 cm³/mol. The zero-order valence-corrected chi connectivity index (χ0v) is 22.1. The molecule has 4 rings (SSSR count). The van der Waals surface area contributed by atoms with E-state index in [9.17, 15) is 9.90 Å². The number of carboxylic acids is 1. The van der Waals surface area contributed by atoms with Crippen molar-refractivity contribution in [2.24, 2.45) is 0 Å². The minimum Gasteiger partial charge on any atom is -0.478 e. The average molecular weight is 586 g/mol. The van der Waals surface area contributed by atoms with Crippen molar-refractivity contribution < 1.29 is 19.1 Å². The van der Waals surface area contributed by atoms with Crippen LogP contribution in [-0.4, -0.2) is 17.2 Å². The Bertz CT molecular complexity index is 1260. The minimum absolute atomic E-state index is 0.276. The zero-order valence-electron chi connectivity index (χ0n) is 18.9. The Morgan fingerprint density at radius 3 is 2.35 bits per heavy atom. The van der Waals surface area contributed by atoms with Crippen molar-refractivity contribution in [1.29, 1.82) is 0 Å². The van der Waals surface area contributed by atoms with E-state index in [4.69, 9.17) is 9.15 Å². The van der Waals surface area contributed by atoms with Gasteiger partial charge in [0, 0.05) is 30.2 Å². The number of para-hydroxylation sites is 1. The van der Waals surface area contributed by atoms with Crippen molar-refractivity contribution >= 4 is 48.8 Å². The summed E-state index contributed by atoms with van der Waals surface area (Å²) in [5, 5.41) is 10.9. The molecule has 0 amide bonds. The molecular weight excluding hydrogens is 560 g/mol. The summed E-state index contributed by atoms with van der Waals surface area (Å²) in [6, 6.07) is 21.6. The molecule has 3 aromatic carbocycles. The van der Waals surface area contributed by atoms with Crippen LogP contribution in [0.15, 0.2) is 80.1 Å². The molecule has 1 N–H and O–H groups in total. The molecule has 0 aliphatic rings. The van der Waals surface area contributed by atoms with Gasteiger partial charge in [0.1, 0.15) is 17.1 Å². The number of hydrogen-bond donors (Lipinski definition) is 1. The Kier molecular flexibility index (Phi) is 8.11. The number of carboxylic acid groups (broad SMARTS) is 1. The van der Waals surface area contributed by atoms with Gasteiger partial charge >= 0.3 is 5.97 Å². The number of ether oxygens (including phenoxy) is 1. The van der Waals surface area contributed by atoms with Gasteiger partial charge in [-0.1, -0.05) is 61.9 Å². The first-order valence-corrected chi connectivity index (χ1v) is 13.0. The van der Waals surface area contributed by atoms with Gasteiger partial charge in [0.25, 0.3) is 0 Å². The highest BCUT2D eigenvalue weighted by atomic mass is 79.9. The first-order chi connectivity index (χ1) is 16.5. The van der Waals surface area contributed by atoms with E-state index in [1.54, 1.807) is 0 Å². The van der Waals surface area contributed by atoms with Gasteiger partial charge in [-0.25, -0.2) is 4.79 Å². The molecule has 1 unspecified atom stereocenters. The van der Waals surface area contributed by atoms with Gasteiger partial charge in [-0.15, -0.1) is 0 Å². The van der Waals surface area contributed by atoms with Crippen molar-refractivity contribution in [3.63, 3.8) is 0 Å². The van der Waals surface area contributed by atoms with Crippen LogP contribution in [0.4, 0.5) is 0 Å². The van der Waals surface area contributed by atoms with E-state index < -0.39 is 12.1 Å². The molecule has 0 saturated carbocycles.